The number of hydrogen-bond acceptors (Lipinski definition) is 4. The van der Waals surface area contributed by atoms with E-state index in [1.165, 1.54) is 6.07 Å². The van der Waals surface area contributed by atoms with Crippen LogP contribution in [0.4, 0.5) is 5.82 Å². The van der Waals surface area contributed by atoms with E-state index in [4.69, 9.17) is 16.7 Å². The fourth-order valence-corrected chi connectivity index (χ4v) is 1.28. The Labute approximate surface area is 104 Å². The lowest BCUT2D eigenvalue weighted by Gasteiger charge is -2.30. The second-order valence-electron chi connectivity index (χ2n) is 4.35. The first-order valence-corrected chi connectivity index (χ1v) is 5.48. The van der Waals surface area contributed by atoms with Gasteiger partial charge in [0.25, 0.3) is 0 Å². The molecule has 1 aromatic rings. The Morgan fingerprint density at radius 1 is 1.53 bits per heavy atom. The largest absolute Gasteiger partial charge is 0.476 e. The number of aromatic nitrogens is 1. The Morgan fingerprint density at radius 2 is 2.12 bits per heavy atom. The molecule has 0 spiro atoms. The molecule has 0 aliphatic carbocycles. The molecule has 0 aliphatic rings. The van der Waals surface area contributed by atoms with Gasteiger partial charge in [0.05, 0.1) is 16.7 Å². The van der Waals surface area contributed by atoms with Crippen LogP contribution in [0.3, 0.4) is 0 Å². The lowest BCUT2D eigenvalue weighted by Crippen LogP contribution is -2.42. The van der Waals surface area contributed by atoms with Gasteiger partial charge in [-0.2, -0.15) is 0 Å². The molecular weight excluding hydrogens is 244 g/mol. The summed E-state index contributed by atoms with van der Waals surface area (Å²) in [6.07, 6.45) is -0.617. The van der Waals surface area contributed by atoms with E-state index < -0.39 is 17.6 Å². The maximum Gasteiger partial charge on any atom is 0.356 e. The number of hydrogen-bond donors (Lipinski definition) is 3. The Morgan fingerprint density at radius 3 is 2.59 bits per heavy atom. The highest BCUT2D eigenvalue weighted by Gasteiger charge is 2.24. The van der Waals surface area contributed by atoms with Crippen LogP contribution in [-0.4, -0.2) is 32.8 Å². The molecule has 1 rings (SSSR count). The lowest BCUT2D eigenvalue weighted by molar-refractivity contribution is 0.0691. The number of nitrogens with one attached hydrogen (secondary N) is 1. The summed E-state index contributed by atoms with van der Waals surface area (Å²) in [6, 6.07) is 3.03. The number of aromatic carboxylic acids is 1. The van der Waals surface area contributed by atoms with Gasteiger partial charge in [-0.15, -0.1) is 0 Å². The predicted octanol–water partition coefficient (Wildman–Crippen LogP) is 2.00. The van der Waals surface area contributed by atoms with Crippen LogP contribution >= 0.6 is 11.6 Å². The first-order valence-electron chi connectivity index (χ1n) is 5.10. The van der Waals surface area contributed by atoms with E-state index >= 15 is 0 Å². The number of rotatable bonds is 4. The smallest absolute Gasteiger partial charge is 0.356 e. The van der Waals surface area contributed by atoms with Crippen molar-refractivity contribution in [1.82, 2.24) is 4.98 Å². The average Bonchev–Trinajstić information content (AvgIpc) is 2.20. The molecule has 0 saturated carbocycles. The maximum atomic E-state index is 10.8. The van der Waals surface area contributed by atoms with Crippen LogP contribution < -0.4 is 5.32 Å². The summed E-state index contributed by atoms with van der Waals surface area (Å²) in [4.78, 5) is 14.7. The van der Waals surface area contributed by atoms with Crippen LogP contribution in [0.5, 0.6) is 0 Å². The second kappa shape index (κ2) is 4.89. The van der Waals surface area contributed by atoms with Crippen molar-refractivity contribution in [3.8, 4) is 0 Å². The molecule has 0 radical (unpaired) electrons. The monoisotopic (exact) mass is 258 g/mol. The number of halogens is 1. The van der Waals surface area contributed by atoms with Crippen molar-refractivity contribution in [3.63, 3.8) is 0 Å². The van der Waals surface area contributed by atoms with Gasteiger partial charge in [-0.05, 0) is 32.9 Å². The molecule has 1 atom stereocenters. The number of carboxylic acids is 1. The van der Waals surface area contributed by atoms with Crippen molar-refractivity contribution in [1.29, 1.82) is 0 Å². The number of nitrogens with zero attached hydrogens (tertiary/aromatic N) is 1. The highest BCUT2D eigenvalue weighted by molar-refractivity contribution is 6.33. The Balaban J connectivity index is 3.01. The van der Waals surface area contributed by atoms with E-state index in [2.05, 4.69) is 10.3 Å². The van der Waals surface area contributed by atoms with Crippen molar-refractivity contribution >= 4 is 23.4 Å². The first-order chi connectivity index (χ1) is 7.74. The van der Waals surface area contributed by atoms with Crippen molar-refractivity contribution in [2.45, 2.75) is 32.4 Å². The summed E-state index contributed by atoms with van der Waals surface area (Å²) in [5, 5.41) is 21.5. The van der Waals surface area contributed by atoms with Gasteiger partial charge in [-0.1, -0.05) is 11.6 Å². The fraction of sp³-hybridized carbons (Fsp3) is 0.455. The molecule has 3 N–H and O–H groups in total. The van der Waals surface area contributed by atoms with Crippen molar-refractivity contribution < 1.29 is 15.0 Å². The van der Waals surface area contributed by atoms with E-state index in [1.807, 2.05) is 0 Å². The van der Waals surface area contributed by atoms with Crippen LogP contribution in [0.25, 0.3) is 0 Å². The molecular formula is C11H15ClN2O3. The number of carboxylic acid groups (broad SMARTS) is 1. The molecule has 1 unspecified atom stereocenters. The average molecular weight is 259 g/mol. The number of carbonyl (C=O) groups is 1. The van der Waals surface area contributed by atoms with Gasteiger partial charge in [0.15, 0.2) is 5.69 Å². The highest BCUT2D eigenvalue weighted by atomic mass is 35.5. The zero-order valence-electron chi connectivity index (χ0n) is 9.86. The Kier molecular flexibility index (Phi) is 3.95. The molecule has 0 aliphatic heterocycles. The second-order valence-corrected chi connectivity index (χ2v) is 4.76. The minimum atomic E-state index is -1.19. The van der Waals surface area contributed by atoms with Crippen LogP contribution in [-0.2, 0) is 0 Å². The van der Waals surface area contributed by atoms with E-state index in [0.29, 0.717) is 5.82 Å². The highest BCUT2D eigenvalue weighted by Crippen LogP contribution is 2.20. The molecule has 0 aromatic carbocycles. The van der Waals surface area contributed by atoms with E-state index in [1.54, 1.807) is 26.8 Å². The molecule has 1 aromatic heterocycles. The van der Waals surface area contributed by atoms with Gasteiger partial charge < -0.3 is 15.5 Å². The molecule has 5 nitrogen and oxygen atoms in total. The standard InChI is InChI=1S/C11H15ClN2O3/c1-6(15)11(2,3)14-8-5-4-7(12)9(13-8)10(16)17/h4-6,15H,1-3H3,(H,13,14)(H,16,17). The van der Waals surface area contributed by atoms with Crippen LogP contribution in [0.1, 0.15) is 31.3 Å². The van der Waals surface area contributed by atoms with Crippen LogP contribution in [0.2, 0.25) is 5.02 Å². The normalized spacial score (nSPS) is 13.2. The maximum absolute atomic E-state index is 10.8. The SMILES string of the molecule is CC(O)C(C)(C)Nc1ccc(Cl)c(C(=O)O)n1. The molecule has 0 saturated heterocycles. The molecule has 0 bridgehead atoms. The summed E-state index contributed by atoms with van der Waals surface area (Å²) >= 11 is 5.70. The third kappa shape index (κ3) is 3.31. The topological polar surface area (TPSA) is 82.5 Å². The molecule has 0 amide bonds. The number of aliphatic hydroxyl groups excluding tert-OH is 1. The van der Waals surface area contributed by atoms with Gasteiger partial charge >= 0.3 is 5.97 Å². The summed E-state index contributed by atoms with van der Waals surface area (Å²) in [5.74, 6) is -0.828. The lowest BCUT2D eigenvalue weighted by atomic mass is 9.99. The zero-order valence-corrected chi connectivity index (χ0v) is 10.6. The summed E-state index contributed by atoms with van der Waals surface area (Å²) < 4.78 is 0. The predicted molar refractivity (Wildman–Crippen MR) is 65.6 cm³/mol. The van der Waals surface area contributed by atoms with Crippen molar-refractivity contribution in [3.05, 3.63) is 22.8 Å². The number of pyridine rings is 1. The summed E-state index contributed by atoms with van der Waals surface area (Å²) in [5.41, 5.74) is -0.825. The minimum absolute atomic E-state index is 0.0814. The zero-order chi connectivity index (χ0) is 13.2. The van der Waals surface area contributed by atoms with Gasteiger partial charge in [0, 0.05) is 0 Å². The molecule has 6 heteroatoms. The number of aliphatic hydroxyl groups is 1. The fourth-order valence-electron chi connectivity index (χ4n) is 1.10. The van der Waals surface area contributed by atoms with E-state index in [-0.39, 0.29) is 10.7 Å². The van der Waals surface area contributed by atoms with Crippen molar-refractivity contribution in [2.24, 2.45) is 0 Å². The van der Waals surface area contributed by atoms with Crippen LogP contribution in [0.15, 0.2) is 12.1 Å². The number of anilines is 1. The first kappa shape index (κ1) is 13.7. The van der Waals surface area contributed by atoms with Gasteiger partial charge in [-0.3, -0.25) is 0 Å². The third-order valence-corrected chi connectivity index (χ3v) is 2.85. The summed E-state index contributed by atoms with van der Waals surface area (Å²) in [7, 11) is 0. The third-order valence-electron chi connectivity index (χ3n) is 2.54. The van der Waals surface area contributed by atoms with Crippen molar-refractivity contribution in [2.75, 3.05) is 5.32 Å². The molecule has 94 valence electrons. The molecule has 0 fully saturated rings. The quantitative estimate of drug-likeness (QED) is 0.770. The molecule has 17 heavy (non-hydrogen) atoms. The van der Waals surface area contributed by atoms with Gasteiger partial charge in [0.1, 0.15) is 5.82 Å². The van der Waals surface area contributed by atoms with Gasteiger partial charge in [0.2, 0.25) is 0 Å². The van der Waals surface area contributed by atoms with E-state index in [9.17, 15) is 9.90 Å². The Bertz CT molecular complexity index is 433. The van der Waals surface area contributed by atoms with Crippen LogP contribution in [0, 0.1) is 0 Å². The van der Waals surface area contributed by atoms with Gasteiger partial charge in [-0.25, -0.2) is 9.78 Å². The molecule has 1 heterocycles. The Hall–Kier alpha value is -1.33. The van der Waals surface area contributed by atoms with E-state index in [0.717, 1.165) is 0 Å². The summed E-state index contributed by atoms with van der Waals surface area (Å²) in [6.45, 7) is 5.21. The minimum Gasteiger partial charge on any atom is -0.476 e.